The topological polar surface area (TPSA) is 77.1 Å². The fourth-order valence-electron chi connectivity index (χ4n) is 2.90. The SMILES string of the molecule is CCc1nnc2n1CCN(C(=O)c1nc(-c3cccs3)oc1C)C2. The predicted molar refractivity (Wildman–Crippen MR) is 88.7 cm³/mol. The van der Waals surface area contributed by atoms with E-state index in [-0.39, 0.29) is 5.91 Å². The molecule has 1 aliphatic rings. The van der Waals surface area contributed by atoms with Gasteiger partial charge in [0, 0.05) is 19.5 Å². The van der Waals surface area contributed by atoms with Crippen LogP contribution in [0.1, 0.15) is 34.8 Å². The first-order valence-corrected chi connectivity index (χ1v) is 8.77. The molecule has 0 radical (unpaired) electrons. The van der Waals surface area contributed by atoms with E-state index in [0.29, 0.717) is 37.0 Å². The van der Waals surface area contributed by atoms with Crippen LogP contribution in [0.3, 0.4) is 0 Å². The van der Waals surface area contributed by atoms with Crippen molar-refractivity contribution in [2.75, 3.05) is 6.54 Å². The van der Waals surface area contributed by atoms with Crippen LogP contribution in [-0.2, 0) is 19.5 Å². The minimum atomic E-state index is -0.119. The first kappa shape index (κ1) is 15.1. The van der Waals surface area contributed by atoms with Crippen LogP contribution in [0.15, 0.2) is 21.9 Å². The highest BCUT2D eigenvalue weighted by Crippen LogP contribution is 2.27. The van der Waals surface area contributed by atoms with Crippen LogP contribution in [0.25, 0.3) is 10.8 Å². The van der Waals surface area contributed by atoms with Crippen LogP contribution in [0.4, 0.5) is 0 Å². The van der Waals surface area contributed by atoms with Gasteiger partial charge in [-0.25, -0.2) is 4.98 Å². The number of aryl methyl sites for hydroxylation is 2. The number of carbonyl (C=O) groups excluding carboxylic acids is 1. The number of fused-ring (bicyclic) bond motifs is 1. The van der Waals surface area contributed by atoms with Crippen molar-refractivity contribution in [2.24, 2.45) is 0 Å². The molecule has 7 nitrogen and oxygen atoms in total. The average molecular weight is 343 g/mol. The fraction of sp³-hybridized carbons (Fsp3) is 0.375. The second kappa shape index (κ2) is 5.86. The van der Waals surface area contributed by atoms with Gasteiger partial charge in [0.05, 0.1) is 11.4 Å². The number of aromatic nitrogens is 4. The molecular formula is C16H17N5O2S. The highest BCUT2D eigenvalue weighted by molar-refractivity contribution is 7.13. The Hall–Kier alpha value is -2.48. The van der Waals surface area contributed by atoms with E-state index in [2.05, 4.69) is 26.7 Å². The molecule has 0 N–H and O–H groups in total. The second-order valence-corrected chi connectivity index (χ2v) is 6.61. The lowest BCUT2D eigenvalue weighted by molar-refractivity contribution is 0.0699. The Morgan fingerprint density at radius 2 is 2.25 bits per heavy atom. The molecule has 0 unspecified atom stereocenters. The van der Waals surface area contributed by atoms with Crippen LogP contribution in [0.2, 0.25) is 0 Å². The molecule has 0 fully saturated rings. The van der Waals surface area contributed by atoms with Crippen molar-refractivity contribution < 1.29 is 9.21 Å². The van der Waals surface area contributed by atoms with Crippen molar-refractivity contribution in [3.05, 3.63) is 40.6 Å². The van der Waals surface area contributed by atoms with Gasteiger partial charge in [-0.05, 0) is 18.4 Å². The largest absolute Gasteiger partial charge is 0.440 e. The molecule has 0 bridgehead atoms. The Bertz CT molecular complexity index is 881. The average Bonchev–Trinajstić information content (AvgIpc) is 3.32. The zero-order valence-electron chi connectivity index (χ0n) is 13.5. The van der Waals surface area contributed by atoms with Crippen molar-refractivity contribution in [2.45, 2.75) is 33.4 Å². The van der Waals surface area contributed by atoms with Gasteiger partial charge in [-0.1, -0.05) is 13.0 Å². The first-order chi connectivity index (χ1) is 11.7. The van der Waals surface area contributed by atoms with Crippen molar-refractivity contribution in [1.29, 1.82) is 0 Å². The molecule has 0 saturated heterocycles. The lowest BCUT2D eigenvalue weighted by Crippen LogP contribution is -2.39. The van der Waals surface area contributed by atoms with Crippen LogP contribution < -0.4 is 0 Å². The van der Waals surface area contributed by atoms with Crippen molar-refractivity contribution in [1.82, 2.24) is 24.6 Å². The van der Waals surface area contributed by atoms with Gasteiger partial charge in [0.2, 0.25) is 5.89 Å². The quantitative estimate of drug-likeness (QED) is 0.730. The summed E-state index contributed by atoms with van der Waals surface area (Å²) in [7, 11) is 0. The molecule has 1 aliphatic heterocycles. The summed E-state index contributed by atoms with van der Waals surface area (Å²) < 4.78 is 7.77. The van der Waals surface area contributed by atoms with Gasteiger partial charge >= 0.3 is 0 Å². The number of amides is 1. The monoisotopic (exact) mass is 343 g/mol. The summed E-state index contributed by atoms with van der Waals surface area (Å²) in [5.74, 6) is 2.72. The molecule has 4 rings (SSSR count). The van der Waals surface area contributed by atoms with Gasteiger partial charge in [-0.3, -0.25) is 4.79 Å². The summed E-state index contributed by atoms with van der Waals surface area (Å²) in [6.07, 6.45) is 0.841. The number of hydrogen-bond acceptors (Lipinski definition) is 6. The molecule has 4 heterocycles. The summed E-state index contributed by atoms with van der Waals surface area (Å²) in [4.78, 5) is 19.9. The molecule has 124 valence electrons. The van der Waals surface area contributed by atoms with E-state index in [4.69, 9.17) is 4.42 Å². The van der Waals surface area contributed by atoms with E-state index < -0.39 is 0 Å². The van der Waals surface area contributed by atoms with Crippen molar-refractivity contribution in [3.63, 3.8) is 0 Å². The Balaban J connectivity index is 1.58. The fourth-order valence-corrected chi connectivity index (χ4v) is 3.55. The molecule has 0 spiro atoms. The van der Waals surface area contributed by atoms with Gasteiger partial charge < -0.3 is 13.9 Å². The standard InChI is InChI=1S/C16H17N5O2S/c1-3-12-18-19-13-9-20(6-7-21(12)13)16(22)14-10(2)23-15(17-14)11-5-4-8-24-11/h4-5,8H,3,6-7,9H2,1-2H3. The van der Waals surface area contributed by atoms with E-state index in [1.807, 2.05) is 17.5 Å². The first-order valence-electron chi connectivity index (χ1n) is 7.89. The Morgan fingerprint density at radius 3 is 3.00 bits per heavy atom. The second-order valence-electron chi connectivity index (χ2n) is 5.67. The van der Waals surface area contributed by atoms with Gasteiger partial charge in [0.25, 0.3) is 5.91 Å². The van der Waals surface area contributed by atoms with Crippen LogP contribution in [0, 0.1) is 6.92 Å². The summed E-state index contributed by atoms with van der Waals surface area (Å²) >= 11 is 1.54. The third-order valence-electron chi connectivity index (χ3n) is 4.16. The molecule has 0 atom stereocenters. The maximum atomic E-state index is 12.8. The number of nitrogens with zero attached hydrogens (tertiary/aromatic N) is 5. The highest BCUT2D eigenvalue weighted by Gasteiger charge is 2.28. The van der Waals surface area contributed by atoms with Crippen LogP contribution in [0.5, 0.6) is 0 Å². The third kappa shape index (κ3) is 2.43. The smallest absolute Gasteiger partial charge is 0.276 e. The molecule has 0 aromatic carbocycles. The van der Waals surface area contributed by atoms with Crippen LogP contribution >= 0.6 is 11.3 Å². The minimum absolute atomic E-state index is 0.119. The summed E-state index contributed by atoms with van der Waals surface area (Å²) in [6, 6.07) is 3.86. The summed E-state index contributed by atoms with van der Waals surface area (Å²) in [5.41, 5.74) is 0.377. The molecule has 0 saturated carbocycles. The maximum absolute atomic E-state index is 12.8. The molecule has 0 aliphatic carbocycles. The minimum Gasteiger partial charge on any atom is -0.440 e. The number of thiophene rings is 1. The van der Waals surface area contributed by atoms with Gasteiger partial charge in [0.15, 0.2) is 11.5 Å². The molecule has 3 aromatic heterocycles. The van der Waals surface area contributed by atoms with E-state index >= 15 is 0 Å². The predicted octanol–water partition coefficient (Wildman–Crippen LogP) is 2.52. The number of rotatable bonds is 3. The molecule has 1 amide bonds. The summed E-state index contributed by atoms with van der Waals surface area (Å²) in [5, 5.41) is 10.3. The Morgan fingerprint density at radius 1 is 1.38 bits per heavy atom. The zero-order chi connectivity index (χ0) is 16.7. The van der Waals surface area contributed by atoms with Gasteiger partial charge in [0.1, 0.15) is 11.6 Å². The zero-order valence-corrected chi connectivity index (χ0v) is 14.3. The van der Waals surface area contributed by atoms with E-state index in [1.54, 1.807) is 11.8 Å². The molecule has 8 heteroatoms. The lowest BCUT2D eigenvalue weighted by Gasteiger charge is -2.27. The van der Waals surface area contributed by atoms with E-state index in [9.17, 15) is 4.79 Å². The summed E-state index contributed by atoms with van der Waals surface area (Å²) in [6.45, 7) is 5.62. The van der Waals surface area contributed by atoms with E-state index in [1.165, 1.54) is 11.3 Å². The number of carbonyl (C=O) groups is 1. The molecule has 24 heavy (non-hydrogen) atoms. The molecular weight excluding hydrogens is 326 g/mol. The number of oxazole rings is 1. The normalized spacial score (nSPS) is 14.0. The number of hydrogen-bond donors (Lipinski definition) is 0. The Labute approximate surface area is 142 Å². The van der Waals surface area contributed by atoms with E-state index in [0.717, 1.165) is 22.9 Å². The van der Waals surface area contributed by atoms with Gasteiger partial charge in [-0.15, -0.1) is 21.5 Å². The Kier molecular flexibility index (Phi) is 3.68. The van der Waals surface area contributed by atoms with Crippen molar-refractivity contribution >= 4 is 17.2 Å². The highest BCUT2D eigenvalue weighted by atomic mass is 32.1. The third-order valence-corrected chi connectivity index (χ3v) is 5.02. The van der Waals surface area contributed by atoms with Crippen molar-refractivity contribution in [3.8, 4) is 10.8 Å². The van der Waals surface area contributed by atoms with Crippen LogP contribution in [-0.4, -0.2) is 37.1 Å². The maximum Gasteiger partial charge on any atom is 0.276 e. The lowest BCUT2D eigenvalue weighted by atomic mass is 10.2. The molecule has 3 aromatic rings. The van der Waals surface area contributed by atoms with Gasteiger partial charge in [-0.2, -0.15) is 0 Å².